The largest absolute Gasteiger partial charge is 0.357 e. The molecule has 4 aliphatic rings. The number of nitrogens with zero attached hydrogens (tertiary/aromatic N) is 5. The summed E-state index contributed by atoms with van der Waals surface area (Å²) in [7, 11) is 2.21. The third-order valence-electron chi connectivity index (χ3n) is 12.5. The third kappa shape index (κ3) is 7.32. The monoisotopic (exact) mass is 764 g/mol. The second-order valence-electron chi connectivity index (χ2n) is 16.6. The highest BCUT2D eigenvalue weighted by molar-refractivity contribution is 6.07. The maximum Gasteiger partial charge on any atom is 0.256 e. The summed E-state index contributed by atoms with van der Waals surface area (Å²) in [5.41, 5.74) is 7.45. The van der Waals surface area contributed by atoms with Gasteiger partial charge in [0.2, 0.25) is 11.8 Å². The Bertz CT molecular complexity index is 2500. The van der Waals surface area contributed by atoms with E-state index in [1.807, 2.05) is 54.2 Å². The van der Waals surface area contributed by atoms with Crippen molar-refractivity contribution >= 4 is 51.3 Å². The lowest BCUT2D eigenvalue weighted by molar-refractivity contribution is -0.136. The fourth-order valence-electron chi connectivity index (χ4n) is 9.16. The molecule has 3 fully saturated rings. The molecule has 12 nitrogen and oxygen atoms in total. The van der Waals surface area contributed by atoms with Gasteiger partial charge in [-0.25, -0.2) is 4.98 Å². The van der Waals surface area contributed by atoms with Crippen molar-refractivity contribution in [3.8, 4) is 11.8 Å². The lowest BCUT2D eigenvalue weighted by atomic mass is 10.0. The molecule has 1 saturated carbocycles. The Labute approximate surface area is 331 Å². The summed E-state index contributed by atoms with van der Waals surface area (Å²) in [4.78, 5) is 62.8. The van der Waals surface area contributed by atoms with E-state index >= 15 is 0 Å². The Morgan fingerprint density at radius 1 is 1.02 bits per heavy atom. The lowest BCUT2D eigenvalue weighted by Crippen LogP contribution is -2.52. The molecule has 292 valence electrons. The number of aromatic amines is 1. The molecule has 6 heterocycles. The predicted octanol–water partition coefficient (Wildman–Crippen LogP) is 6.78. The van der Waals surface area contributed by atoms with Crippen molar-refractivity contribution in [2.75, 3.05) is 18.9 Å². The van der Waals surface area contributed by atoms with Crippen molar-refractivity contribution in [3.05, 3.63) is 88.4 Å². The Hall–Kier alpha value is -5.80. The number of unbranched alkanes of at least 4 members (excludes halogenated alkanes) is 5. The average Bonchev–Trinajstić information content (AvgIpc) is 3.43. The maximum atomic E-state index is 13.4. The number of imide groups is 1. The number of aromatic nitrogens is 4. The van der Waals surface area contributed by atoms with Crippen molar-refractivity contribution < 1.29 is 19.2 Å². The lowest BCUT2D eigenvalue weighted by Gasteiger charge is -2.29. The number of fused-ring (bicyclic) bond motifs is 3. The van der Waals surface area contributed by atoms with E-state index < -0.39 is 11.9 Å². The number of pyridine rings is 1. The van der Waals surface area contributed by atoms with Gasteiger partial charge in [-0.3, -0.25) is 34.1 Å². The van der Waals surface area contributed by atoms with Crippen molar-refractivity contribution in [1.29, 1.82) is 0 Å². The molecule has 4 amide bonds. The second-order valence-corrected chi connectivity index (χ2v) is 16.6. The molecule has 2 saturated heterocycles. The van der Waals surface area contributed by atoms with Gasteiger partial charge in [0.1, 0.15) is 11.9 Å². The second kappa shape index (κ2) is 14.9. The highest BCUT2D eigenvalue weighted by Crippen LogP contribution is 2.58. The van der Waals surface area contributed by atoms with Crippen LogP contribution >= 0.6 is 0 Å². The molecule has 9 rings (SSSR count). The number of H-pyrrole nitrogens is 1. The zero-order chi connectivity index (χ0) is 39.3. The van der Waals surface area contributed by atoms with Gasteiger partial charge in [0, 0.05) is 77.9 Å². The first-order chi connectivity index (χ1) is 27.6. The molecular weight excluding hydrogens is 717 g/mol. The van der Waals surface area contributed by atoms with E-state index in [9.17, 15) is 19.2 Å². The SMILES string of the molecule is Cc1nn(CCCCCCCC#Cc2cccc3c2CN(C2CCC(=O)NC2=O)C3=O)c2cc(C(=O)Nc3cc4[nH]c([C@H]5CC6(CC6)CN5C)cc4cn3)ccc12. The quantitative estimate of drug-likeness (QED) is 0.0764. The number of benzene rings is 2. The van der Waals surface area contributed by atoms with Gasteiger partial charge in [-0.05, 0) is 93.8 Å². The summed E-state index contributed by atoms with van der Waals surface area (Å²) in [6.45, 7) is 4.27. The first-order valence-corrected chi connectivity index (χ1v) is 20.4. The maximum absolute atomic E-state index is 13.4. The minimum absolute atomic E-state index is 0.182. The van der Waals surface area contributed by atoms with Gasteiger partial charge in [-0.2, -0.15) is 5.10 Å². The van der Waals surface area contributed by atoms with Crippen molar-refractivity contribution in [2.24, 2.45) is 5.41 Å². The summed E-state index contributed by atoms with van der Waals surface area (Å²) >= 11 is 0. The van der Waals surface area contributed by atoms with E-state index in [-0.39, 0.29) is 24.1 Å². The predicted molar refractivity (Wildman–Crippen MR) is 217 cm³/mol. The Balaban J connectivity index is 0.750. The summed E-state index contributed by atoms with van der Waals surface area (Å²) < 4.78 is 2.02. The topological polar surface area (TPSA) is 145 Å². The number of amides is 4. The van der Waals surface area contributed by atoms with Crippen LogP contribution in [0.2, 0.25) is 0 Å². The van der Waals surface area contributed by atoms with Gasteiger partial charge in [-0.1, -0.05) is 43.2 Å². The zero-order valence-corrected chi connectivity index (χ0v) is 32.6. The molecule has 3 N–H and O–H groups in total. The number of hydrogen-bond acceptors (Lipinski definition) is 7. The van der Waals surface area contributed by atoms with Crippen LogP contribution in [0.3, 0.4) is 0 Å². The number of rotatable bonds is 11. The van der Waals surface area contributed by atoms with E-state index in [0.29, 0.717) is 41.4 Å². The van der Waals surface area contributed by atoms with E-state index in [2.05, 4.69) is 50.5 Å². The molecule has 1 aliphatic carbocycles. The summed E-state index contributed by atoms with van der Waals surface area (Å²) in [5.74, 6) is 6.00. The molecule has 12 heteroatoms. The third-order valence-corrected chi connectivity index (χ3v) is 12.5. The first kappa shape index (κ1) is 36.8. The molecular formula is C45H48N8O4. The number of hydrogen-bond donors (Lipinski definition) is 3. The highest BCUT2D eigenvalue weighted by Gasteiger charge is 2.51. The molecule has 0 bridgehead atoms. The number of carbonyl (C=O) groups excluding carboxylic acids is 4. The van der Waals surface area contributed by atoms with Gasteiger partial charge in [0.05, 0.1) is 22.8 Å². The normalized spacial score (nSPS) is 20.0. The molecule has 1 spiro atoms. The van der Waals surface area contributed by atoms with Crippen LogP contribution in [0.25, 0.3) is 21.8 Å². The molecule has 5 aromatic rings. The Kier molecular flexibility index (Phi) is 9.65. The molecule has 2 atom stereocenters. The molecule has 2 aromatic carbocycles. The number of piperidine rings is 1. The van der Waals surface area contributed by atoms with Crippen LogP contribution in [0, 0.1) is 24.2 Å². The van der Waals surface area contributed by atoms with E-state index in [1.54, 1.807) is 11.0 Å². The van der Waals surface area contributed by atoms with Gasteiger partial charge in [0.15, 0.2) is 0 Å². The van der Waals surface area contributed by atoms with E-state index in [1.165, 1.54) is 25.0 Å². The minimum Gasteiger partial charge on any atom is -0.357 e. The molecule has 57 heavy (non-hydrogen) atoms. The molecule has 1 unspecified atom stereocenters. The molecule has 0 radical (unpaired) electrons. The summed E-state index contributed by atoms with van der Waals surface area (Å²) in [6, 6.07) is 15.2. The Morgan fingerprint density at radius 2 is 1.86 bits per heavy atom. The van der Waals surface area contributed by atoms with E-state index in [4.69, 9.17) is 5.10 Å². The zero-order valence-electron chi connectivity index (χ0n) is 32.6. The number of aryl methyl sites for hydroxylation is 2. The van der Waals surface area contributed by atoms with Crippen molar-refractivity contribution in [3.63, 3.8) is 0 Å². The van der Waals surface area contributed by atoms with Crippen LogP contribution in [0.15, 0.2) is 54.7 Å². The van der Waals surface area contributed by atoms with Gasteiger partial charge in [0.25, 0.3) is 11.8 Å². The van der Waals surface area contributed by atoms with Gasteiger partial charge >= 0.3 is 0 Å². The fraction of sp³-hybridized carbons (Fsp3) is 0.422. The smallest absolute Gasteiger partial charge is 0.256 e. The van der Waals surface area contributed by atoms with Crippen molar-refractivity contribution in [2.45, 2.75) is 103 Å². The van der Waals surface area contributed by atoms with Gasteiger partial charge in [-0.15, -0.1) is 0 Å². The average molecular weight is 765 g/mol. The van der Waals surface area contributed by atoms with Crippen LogP contribution in [0.1, 0.15) is 120 Å². The summed E-state index contributed by atoms with van der Waals surface area (Å²) in [5, 5.41) is 12.3. The Morgan fingerprint density at radius 3 is 2.68 bits per heavy atom. The van der Waals surface area contributed by atoms with Crippen molar-refractivity contribution in [1.82, 2.24) is 34.9 Å². The van der Waals surface area contributed by atoms with Crippen LogP contribution < -0.4 is 10.6 Å². The molecule has 3 aromatic heterocycles. The number of carbonyl (C=O) groups is 4. The number of anilines is 1. The van der Waals surface area contributed by atoms with Crippen LogP contribution in [-0.4, -0.2) is 72.8 Å². The van der Waals surface area contributed by atoms with Crippen LogP contribution in [0.5, 0.6) is 0 Å². The van der Waals surface area contributed by atoms with E-state index in [0.717, 1.165) is 90.2 Å². The standard InChI is InChI=1S/C45H48N8O4/c1-28-32-15-14-30(42(55)48-40-23-35-31(25-46-40)21-36(47-35)39-24-45(18-19-45)27-51(39)2)22-38(32)53(50-28)20-9-7-5-3-4-6-8-11-29-12-10-13-33-34(29)26-52(44(33)57)37-16-17-41(54)49-43(37)56/h10,12-15,21-23,25,37,39,47H,3-7,9,16-20,24,26-27H2,1-2H3,(H,46,48,55)(H,49,54,56)/t37?,39-/m1/s1. The van der Waals surface area contributed by atoms with Gasteiger partial charge < -0.3 is 15.2 Å². The number of nitrogens with one attached hydrogen (secondary N) is 3. The highest BCUT2D eigenvalue weighted by atomic mass is 16.2. The van der Waals surface area contributed by atoms with Crippen LogP contribution in [-0.2, 0) is 22.7 Å². The fourth-order valence-corrected chi connectivity index (χ4v) is 9.16. The van der Waals surface area contributed by atoms with Crippen LogP contribution in [0.4, 0.5) is 5.82 Å². The first-order valence-electron chi connectivity index (χ1n) is 20.4. The number of likely N-dealkylation sites (tertiary alicyclic amines) is 1. The minimum atomic E-state index is -0.634. The molecule has 3 aliphatic heterocycles. The summed E-state index contributed by atoms with van der Waals surface area (Å²) in [6.07, 6.45) is 12.2.